The average molecular weight is 312 g/mol. The Bertz CT molecular complexity index is 365. The van der Waals surface area contributed by atoms with E-state index in [1.54, 1.807) is 0 Å². The molecule has 0 radical (unpaired) electrons. The SMILES string of the molecule is CC(CC(P(=O)(O)O)P(=O)(O)O)CP(=O)(O)O. The Morgan fingerprint density at radius 2 is 1.24 bits per heavy atom. The first-order chi connectivity index (χ1) is 7.23. The van der Waals surface area contributed by atoms with E-state index in [0.29, 0.717) is 0 Å². The molecule has 0 aliphatic carbocycles. The van der Waals surface area contributed by atoms with Crippen LogP contribution >= 0.6 is 22.8 Å². The fraction of sp³-hybridized carbons (Fsp3) is 1.00. The molecule has 0 aromatic rings. The van der Waals surface area contributed by atoms with Crippen LogP contribution in [0.5, 0.6) is 0 Å². The zero-order valence-corrected chi connectivity index (χ0v) is 11.5. The summed E-state index contributed by atoms with van der Waals surface area (Å²) in [6.45, 7) is 1.25. The summed E-state index contributed by atoms with van der Waals surface area (Å²) >= 11 is 0. The van der Waals surface area contributed by atoms with Gasteiger partial charge in [0.05, 0.1) is 6.16 Å². The Morgan fingerprint density at radius 3 is 1.47 bits per heavy atom. The molecule has 12 heteroatoms. The van der Waals surface area contributed by atoms with Crippen LogP contribution in [0, 0.1) is 5.92 Å². The van der Waals surface area contributed by atoms with E-state index in [0.717, 1.165) is 0 Å². The second-order valence-electron chi connectivity index (χ2n) is 3.85. The lowest BCUT2D eigenvalue weighted by atomic mass is 10.2. The summed E-state index contributed by atoms with van der Waals surface area (Å²) < 4.78 is 32.4. The van der Waals surface area contributed by atoms with Gasteiger partial charge in [-0.25, -0.2) is 0 Å². The minimum Gasteiger partial charge on any atom is -0.324 e. The minimum absolute atomic E-state index is 0.667. The average Bonchev–Trinajstić information content (AvgIpc) is 1.91. The molecule has 0 saturated carbocycles. The van der Waals surface area contributed by atoms with Crippen LogP contribution in [0.15, 0.2) is 0 Å². The van der Waals surface area contributed by atoms with Crippen molar-refractivity contribution in [1.82, 2.24) is 0 Å². The zero-order chi connectivity index (χ0) is 14.1. The molecule has 0 heterocycles. The van der Waals surface area contributed by atoms with Crippen LogP contribution in [-0.4, -0.2) is 40.9 Å². The molecule has 17 heavy (non-hydrogen) atoms. The van der Waals surface area contributed by atoms with Crippen LogP contribution in [0.2, 0.25) is 0 Å². The fourth-order valence-electron chi connectivity index (χ4n) is 1.31. The summed E-state index contributed by atoms with van der Waals surface area (Å²) in [6.07, 6.45) is -1.36. The maximum Gasteiger partial charge on any atom is 0.340 e. The Morgan fingerprint density at radius 1 is 0.882 bits per heavy atom. The highest BCUT2D eigenvalue weighted by molar-refractivity contribution is 7.70. The highest BCUT2D eigenvalue weighted by Crippen LogP contribution is 2.62. The molecule has 0 rings (SSSR count). The molecular weight excluding hydrogens is 297 g/mol. The quantitative estimate of drug-likeness (QED) is 0.365. The lowest BCUT2D eigenvalue weighted by Crippen LogP contribution is -2.16. The second-order valence-corrected chi connectivity index (χ2v) is 9.55. The lowest BCUT2D eigenvalue weighted by molar-refractivity contribution is 0.323. The van der Waals surface area contributed by atoms with Crippen molar-refractivity contribution < 1.29 is 43.1 Å². The maximum absolute atomic E-state index is 10.9. The number of rotatable bonds is 6. The van der Waals surface area contributed by atoms with Gasteiger partial charge in [0.1, 0.15) is 0 Å². The first-order valence-electron chi connectivity index (χ1n) is 4.38. The van der Waals surface area contributed by atoms with Gasteiger partial charge >= 0.3 is 22.8 Å². The highest BCUT2D eigenvalue weighted by Gasteiger charge is 2.44. The largest absolute Gasteiger partial charge is 0.340 e. The van der Waals surface area contributed by atoms with Crippen molar-refractivity contribution in [2.24, 2.45) is 5.92 Å². The molecule has 1 unspecified atom stereocenters. The summed E-state index contributed by atoms with van der Waals surface area (Å²) in [5, 5.41) is -2.23. The van der Waals surface area contributed by atoms with Crippen molar-refractivity contribution in [3.05, 3.63) is 0 Å². The van der Waals surface area contributed by atoms with Crippen molar-refractivity contribution in [2.45, 2.75) is 18.7 Å². The van der Waals surface area contributed by atoms with Gasteiger partial charge in [0.25, 0.3) is 0 Å². The molecule has 6 N–H and O–H groups in total. The fourth-order valence-corrected chi connectivity index (χ4v) is 5.11. The number of hydrogen-bond acceptors (Lipinski definition) is 3. The molecule has 9 nitrogen and oxygen atoms in total. The summed E-state index contributed by atoms with van der Waals surface area (Å²) in [7, 11) is -14.5. The van der Waals surface area contributed by atoms with E-state index in [1.165, 1.54) is 6.92 Å². The monoisotopic (exact) mass is 312 g/mol. The standard InChI is InChI=1S/C5H15O9P3/c1-4(3-15(6,7)8)2-5(16(9,10)11)17(12,13)14/h4-5H,2-3H2,1H3,(H2,6,7,8)(H2,9,10,11)(H2,12,13,14). The van der Waals surface area contributed by atoms with E-state index in [4.69, 9.17) is 29.4 Å². The molecule has 104 valence electrons. The third kappa shape index (κ3) is 7.47. The molecule has 0 fully saturated rings. The molecule has 0 aliphatic rings. The van der Waals surface area contributed by atoms with Crippen molar-refractivity contribution in [1.29, 1.82) is 0 Å². The Kier molecular flexibility index (Phi) is 5.76. The molecule has 0 saturated heterocycles. The first-order valence-corrected chi connectivity index (χ1v) is 9.54. The van der Waals surface area contributed by atoms with Crippen LogP contribution in [0.4, 0.5) is 0 Å². The molecule has 1 atom stereocenters. The normalized spacial score (nSPS) is 16.2. The van der Waals surface area contributed by atoms with Crippen LogP contribution < -0.4 is 0 Å². The van der Waals surface area contributed by atoms with Gasteiger partial charge in [0.15, 0.2) is 5.40 Å². The van der Waals surface area contributed by atoms with Crippen LogP contribution in [0.1, 0.15) is 13.3 Å². The molecule has 0 bridgehead atoms. The summed E-state index contributed by atoms with van der Waals surface area (Å²) in [4.78, 5) is 52.4. The summed E-state index contributed by atoms with van der Waals surface area (Å²) in [6, 6.07) is 0. The molecule has 0 aromatic heterocycles. The van der Waals surface area contributed by atoms with Gasteiger partial charge in [-0.15, -0.1) is 0 Å². The minimum atomic E-state index is -5.03. The lowest BCUT2D eigenvalue weighted by Gasteiger charge is -2.22. The summed E-state index contributed by atoms with van der Waals surface area (Å²) in [5.41, 5.74) is 0. The van der Waals surface area contributed by atoms with Crippen molar-refractivity contribution in [3.63, 3.8) is 0 Å². The Labute approximate surface area is 97.4 Å². The van der Waals surface area contributed by atoms with Crippen LogP contribution in [0.3, 0.4) is 0 Å². The van der Waals surface area contributed by atoms with Crippen LogP contribution in [0.25, 0.3) is 0 Å². The van der Waals surface area contributed by atoms with E-state index in [2.05, 4.69) is 0 Å². The van der Waals surface area contributed by atoms with Gasteiger partial charge in [0.2, 0.25) is 0 Å². The Balaban J connectivity index is 4.87. The van der Waals surface area contributed by atoms with E-state index < -0.39 is 46.7 Å². The molecule has 0 amide bonds. The topological polar surface area (TPSA) is 173 Å². The highest BCUT2D eigenvalue weighted by atomic mass is 31.2. The van der Waals surface area contributed by atoms with E-state index in [9.17, 15) is 13.7 Å². The maximum atomic E-state index is 10.9. The predicted molar refractivity (Wildman–Crippen MR) is 58.6 cm³/mol. The second kappa shape index (κ2) is 5.61. The first kappa shape index (κ1) is 17.4. The smallest absolute Gasteiger partial charge is 0.324 e. The van der Waals surface area contributed by atoms with Gasteiger partial charge in [-0.05, 0) is 12.3 Å². The predicted octanol–water partition coefficient (Wildman–Crippen LogP) is -0.128. The van der Waals surface area contributed by atoms with Gasteiger partial charge in [-0.2, -0.15) is 0 Å². The Hall–Kier alpha value is 0.450. The van der Waals surface area contributed by atoms with E-state index in [-0.39, 0.29) is 0 Å². The summed E-state index contributed by atoms with van der Waals surface area (Å²) in [5.74, 6) is -0.930. The molecular formula is C5H15O9P3. The van der Waals surface area contributed by atoms with E-state index in [1.807, 2.05) is 0 Å². The van der Waals surface area contributed by atoms with Gasteiger partial charge in [-0.3, -0.25) is 13.7 Å². The third-order valence-electron chi connectivity index (χ3n) is 1.94. The zero-order valence-electron chi connectivity index (χ0n) is 8.82. The van der Waals surface area contributed by atoms with Crippen molar-refractivity contribution >= 4 is 22.8 Å². The molecule has 0 spiro atoms. The van der Waals surface area contributed by atoms with Gasteiger partial charge in [-0.1, -0.05) is 6.92 Å². The van der Waals surface area contributed by atoms with E-state index >= 15 is 0 Å². The van der Waals surface area contributed by atoms with Crippen molar-refractivity contribution in [3.8, 4) is 0 Å². The third-order valence-corrected chi connectivity index (χ3v) is 6.82. The van der Waals surface area contributed by atoms with Gasteiger partial charge in [0, 0.05) is 0 Å². The van der Waals surface area contributed by atoms with Crippen LogP contribution in [-0.2, 0) is 13.7 Å². The van der Waals surface area contributed by atoms with Crippen molar-refractivity contribution in [2.75, 3.05) is 6.16 Å². The molecule has 0 aliphatic heterocycles. The number of hydrogen-bond donors (Lipinski definition) is 6. The van der Waals surface area contributed by atoms with Gasteiger partial charge < -0.3 is 29.4 Å². The molecule has 0 aromatic carbocycles.